The van der Waals surface area contributed by atoms with E-state index in [0.29, 0.717) is 0 Å². The summed E-state index contributed by atoms with van der Waals surface area (Å²) in [5.41, 5.74) is 2.28. The molecule has 1 unspecified atom stereocenters. The Labute approximate surface area is 92.6 Å². The van der Waals surface area contributed by atoms with E-state index in [2.05, 4.69) is 46.9 Å². The maximum atomic E-state index is 9.16. The van der Waals surface area contributed by atoms with Crippen molar-refractivity contribution < 1.29 is 5.11 Å². The largest absolute Gasteiger partial charge is 0.389 e. The molecule has 0 amide bonds. The Kier molecular flexibility index (Phi) is 3.93. The first-order chi connectivity index (χ1) is 6.09. The Morgan fingerprint density at radius 3 is 2.38 bits per heavy atom. The second kappa shape index (κ2) is 4.77. The summed E-state index contributed by atoms with van der Waals surface area (Å²) in [7, 11) is 0. The molecule has 1 rings (SSSR count). The summed E-state index contributed by atoms with van der Waals surface area (Å²) in [5.74, 6) is 0. The second-order valence-electron chi connectivity index (χ2n) is 3.10. The van der Waals surface area contributed by atoms with Crippen LogP contribution in [0.3, 0.4) is 0 Å². The molecule has 0 radical (unpaired) electrons. The van der Waals surface area contributed by atoms with E-state index in [1.54, 1.807) is 6.92 Å². The topological polar surface area (TPSA) is 20.2 Å². The van der Waals surface area contributed by atoms with Gasteiger partial charge in [0.2, 0.25) is 0 Å². The fourth-order valence-corrected chi connectivity index (χ4v) is 1.53. The van der Waals surface area contributed by atoms with Crippen molar-refractivity contribution in [1.82, 2.24) is 0 Å². The van der Waals surface area contributed by atoms with Crippen LogP contribution in [0.25, 0.3) is 5.57 Å². The highest BCUT2D eigenvalue weighted by Gasteiger charge is 1.96. The summed E-state index contributed by atoms with van der Waals surface area (Å²) < 4.78 is 1.23. The number of hydrogen-bond donors (Lipinski definition) is 1. The first-order valence-electron chi connectivity index (χ1n) is 4.22. The lowest BCUT2D eigenvalue weighted by atomic mass is 10.1. The van der Waals surface area contributed by atoms with Gasteiger partial charge in [0, 0.05) is 3.57 Å². The maximum Gasteiger partial charge on any atom is 0.0698 e. The monoisotopic (exact) mass is 288 g/mol. The molecule has 0 bridgehead atoms. The summed E-state index contributed by atoms with van der Waals surface area (Å²) in [6.07, 6.45) is 1.47. The van der Waals surface area contributed by atoms with E-state index in [-0.39, 0.29) is 6.10 Å². The highest BCUT2D eigenvalue weighted by atomic mass is 127. The van der Waals surface area contributed by atoms with Crippen LogP contribution in [0, 0.1) is 3.57 Å². The van der Waals surface area contributed by atoms with Gasteiger partial charge in [-0.3, -0.25) is 0 Å². The van der Waals surface area contributed by atoms with Gasteiger partial charge >= 0.3 is 0 Å². The Hall–Kier alpha value is -0.350. The van der Waals surface area contributed by atoms with Crippen LogP contribution >= 0.6 is 22.6 Å². The van der Waals surface area contributed by atoms with Crippen molar-refractivity contribution in [2.75, 3.05) is 0 Å². The van der Waals surface area contributed by atoms with Gasteiger partial charge in [-0.05, 0) is 59.7 Å². The zero-order valence-corrected chi connectivity index (χ0v) is 9.95. The minimum absolute atomic E-state index is 0.376. The predicted molar refractivity (Wildman–Crippen MR) is 64.5 cm³/mol. The molecule has 0 aliphatic rings. The Morgan fingerprint density at radius 1 is 1.38 bits per heavy atom. The molecule has 0 aliphatic heterocycles. The van der Waals surface area contributed by atoms with E-state index < -0.39 is 0 Å². The molecule has 0 fully saturated rings. The minimum atomic E-state index is -0.376. The van der Waals surface area contributed by atoms with Crippen LogP contribution in [0.2, 0.25) is 0 Å². The molecule has 0 aliphatic carbocycles. The number of aliphatic hydroxyl groups is 1. The summed E-state index contributed by atoms with van der Waals surface area (Å²) in [5, 5.41) is 9.16. The highest BCUT2D eigenvalue weighted by molar-refractivity contribution is 14.1. The molecule has 0 heterocycles. The van der Waals surface area contributed by atoms with Crippen molar-refractivity contribution in [1.29, 1.82) is 0 Å². The summed E-state index contributed by atoms with van der Waals surface area (Å²) in [4.78, 5) is 0. The van der Waals surface area contributed by atoms with Crippen LogP contribution in [0.4, 0.5) is 0 Å². The van der Waals surface area contributed by atoms with Crippen molar-refractivity contribution in [2.24, 2.45) is 0 Å². The normalized spacial score (nSPS) is 14.3. The number of halogens is 1. The summed E-state index contributed by atoms with van der Waals surface area (Å²) in [6.45, 7) is 3.77. The van der Waals surface area contributed by atoms with Crippen LogP contribution < -0.4 is 0 Å². The number of hydrogen-bond acceptors (Lipinski definition) is 1. The van der Waals surface area contributed by atoms with E-state index in [0.717, 1.165) is 5.57 Å². The standard InChI is InChI=1S/C11H13IO/c1-8(7-9(2)13)10-3-5-11(12)6-4-10/h3-7,9,13H,1-2H3/b8-7-. The molecule has 1 atom stereocenters. The molecule has 1 N–H and O–H groups in total. The van der Waals surface area contributed by atoms with Crippen LogP contribution in [0.15, 0.2) is 30.3 Å². The first kappa shape index (κ1) is 10.7. The van der Waals surface area contributed by atoms with E-state index >= 15 is 0 Å². The van der Waals surface area contributed by atoms with Crippen LogP contribution in [0.5, 0.6) is 0 Å². The molecular formula is C11H13IO. The van der Waals surface area contributed by atoms with Crippen LogP contribution in [-0.2, 0) is 0 Å². The molecule has 70 valence electrons. The van der Waals surface area contributed by atoms with Crippen molar-refractivity contribution in [3.63, 3.8) is 0 Å². The molecule has 13 heavy (non-hydrogen) atoms. The van der Waals surface area contributed by atoms with Gasteiger partial charge in [-0.1, -0.05) is 18.2 Å². The Balaban J connectivity index is 2.89. The van der Waals surface area contributed by atoms with E-state index in [4.69, 9.17) is 5.11 Å². The lowest BCUT2D eigenvalue weighted by Gasteiger charge is -2.03. The maximum absolute atomic E-state index is 9.16. The molecular weight excluding hydrogens is 275 g/mol. The third-order valence-corrected chi connectivity index (χ3v) is 2.51. The van der Waals surface area contributed by atoms with E-state index in [1.165, 1.54) is 9.13 Å². The van der Waals surface area contributed by atoms with Gasteiger partial charge in [-0.25, -0.2) is 0 Å². The smallest absolute Gasteiger partial charge is 0.0698 e. The molecule has 0 saturated carbocycles. The number of allylic oxidation sites excluding steroid dienone is 1. The minimum Gasteiger partial charge on any atom is -0.389 e. The fraction of sp³-hybridized carbons (Fsp3) is 0.273. The second-order valence-corrected chi connectivity index (χ2v) is 4.34. The average molecular weight is 288 g/mol. The molecule has 2 heteroatoms. The van der Waals surface area contributed by atoms with Crippen LogP contribution in [0.1, 0.15) is 19.4 Å². The highest BCUT2D eigenvalue weighted by Crippen LogP contribution is 2.15. The van der Waals surface area contributed by atoms with Gasteiger partial charge in [0.1, 0.15) is 0 Å². The fourth-order valence-electron chi connectivity index (χ4n) is 1.17. The van der Waals surface area contributed by atoms with Gasteiger partial charge in [0.05, 0.1) is 6.10 Å². The van der Waals surface area contributed by atoms with Crippen molar-refractivity contribution in [2.45, 2.75) is 20.0 Å². The van der Waals surface area contributed by atoms with Crippen molar-refractivity contribution in [3.05, 3.63) is 39.5 Å². The third kappa shape index (κ3) is 3.48. The Bertz CT molecular complexity index is 298. The lowest BCUT2D eigenvalue weighted by Crippen LogP contribution is -1.94. The molecule has 1 aromatic rings. The summed E-state index contributed by atoms with van der Waals surface area (Å²) >= 11 is 2.28. The quantitative estimate of drug-likeness (QED) is 0.829. The first-order valence-corrected chi connectivity index (χ1v) is 5.30. The summed E-state index contributed by atoms with van der Waals surface area (Å²) in [6, 6.07) is 8.26. The number of aliphatic hydroxyl groups excluding tert-OH is 1. The molecule has 0 aromatic heterocycles. The van der Waals surface area contributed by atoms with E-state index in [9.17, 15) is 0 Å². The average Bonchev–Trinajstić information content (AvgIpc) is 2.04. The molecule has 1 aromatic carbocycles. The lowest BCUT2D eigenvalue weighted by molar-refractivity contribution is 0.244. The van der Waals surface area contributed by atoms with Gasteiger partial charge in [-0.15, -0.1) is 0 Å². The number of rotatable bonds is 2. The zero-order valence-electron chi connectivity index (χ0n) is 7.79. The van der Waals surface area contributed by atoms with Gasteiger partial charge in [0.15, 0.2) is 0 Å². The molecule has 1 nitrogen and oxygen atoms in total. The molecule has 0 spiro atoms. The Morgan fingerprint density at radius 2 is 1.92 bits per heavy atom. The van der Waals surface area contributed by atoms with E-state index in [1.807, 2.05) is 13.0 Å². The molecule has 0 saturated heterocycles. The van der Waals surface area contributed by atoms with Crippen molar-refractivity contribution >= 4 is 28.2 Å². The third-order valence-electron chi connectivity index (χ3n) is 1.79. The SMILES string of the molecule is C/C(=C/C(C)O)c1ccc(I)cc1. The van der Waals surface area contributed by atoms with Gasteiger partial charge in [-0.2, -0.15) is 0 Å². The van der Waals surface area contributed by atoms with Gasteiger partial charge < -0.3 is 5.11 Å². The predicted octanol–water partition coefficient (Wildman–Crippen LogP) is 3.08. The number of benzene rings is 1. The van der Waals surface area contributed by atoms with Crippen molar-refractivity contribution in [3.8, 4) is 0 Å². The zero-order chi connectivity index (χ0) is 9.84. The van der Waals surface area contributed by atoms with Crippen LogP contribution in [-0.4, -0.2) is 11.2 Å². The van der Waals surface area contributed by atoms with Gasteiger partial charge in [0.25, 0.3) is 0 Å².